The number of amides is 2. The smallest absolute Gasteiger partial charge is 0.233 e. The molecule has 0 unspecified atom stereocenters. The molecule has 0 spiro atoms. The minimum atomic E-state index is -0.307. The molecule has 3 fully saturated rings. The fraction of sp³-hybridized carbons (Fsp3) is 0.875. The second-order valence-electron chi connectivity index (χ2n) is 7.23. The third-order valence-electron chi connectivity index (χ3n) is 5.40. The SMILES string of the molecule is CC1(C(=O)N2CCC(C[C@H]3OCC[C@H]3C(N)=O)CC2)COC1. The van der Waals surface area contributed by atoms with Crippen molar-refractivity contribution >= 4 is 11.8 Å². The van der Waals surface area contributed by atoms with Crippen LogP contribution in [0.15, 0.2) is 0 Å². The second-order valence-corrected chi connectivity index (χ2v) is 7.23. The molecule has 3 aliphatic rings. The molecule has 3 rings (SSSR count). The summed E-state index contributed by atoms with van der Waals surface area (Å²) < 4.78 is 10.9. The molecule has 2 amide bonds. The molecule has 22 heavy (non-hydrogen) atoms. The maximum absolute atomic E-state index is 12.5. The van der Waals surface area contributed by atoms with E-state index in [1.165, 1.54) is 0 Å². The van der Waals surface area contributed by atoms with Crippen LogP contribution in [0.25, 0.3) is 0 Å². The van der Waals surface area contributed by atoms with Crippen molar-refractivity contribution in [3.8, 4) is 0 Å². The van der Waals surface area contributed by atoms with E-state index in [2.05, 4.69) is 0 Å². The predicted octanol–water partition coefficient (Wildman–Crippen LogP) is 0.542. The van der Waals surface area contributed by atoms with Crippen molar-refractivity contribution in [1.82, 2.24) is 4.90 Å². The number of nitrogens with zero attached hydrogens (tertiary/aromatic N) is 1. The van der Waals surface area contributed by atoms with Crippen molar-refractivity contribution in [3.63, 3.8) is 0 Å². The van der Waals surface area contributed by atoms with Gasteiger partial charge >= 0.3 is 0 Å². The van der Waals surface area contributed by atoms with Crippen LogP contribution in [0.4, 0.5) is 0 Å². The molecule has 3 heterocycles. The standard InChI is InChI=1S/C16H26N2O4/c1-16(9-21-10-16)15(20)18-5-2-11(3-6-18)8-13-12(14(17)19)4-7-22-13/h11-13H,2-10H2,1H3,(H2,17,19)/t12-,13-/m1/s1. The van der Waals surface area contributed by atoms with Crippen LogP contribution < -0.4 is 5.73 Å². The molecule has 6 heteroatoms. The van der Waals surface area contributed by atoms with Gasteiger partial charge in [-0.1, -0.05) is 0 Å². The number of nitrogens with two attached hydrogens (primary N) is 1. The lowest BCUT2D eigenvalue weighted by Gasteiger charge is -2.42. The summed E-state index contributed by atoms with van der Waals surface area (Å²) in [7, 11) is 0. The Hall–Kier alpha value is -1.14. The molecule has 3 saturated heterocycles. The van der Waals surface area contributed by atoms with Gasteiger partial charge in [-0.25, -0.2) is 0 Å². The fourth-order valence-corrected chi connectivity index (χ4v) is 3.82. The number of carbonyl (C=O) groups excluding carboxylic acids is 2. The lowest BCUT2D eigenvalue weighted by molar-refractivity contribution is -0.170. The van der Waals surface area contributed by atoms with Crippen molar-refractivity contribution in [2.45, 2.75) is 38.7 Å². The summed E-state index contributed by atoms with van der Waals surface area (Å²) in [6.45, 7) is 5.30. The topological polar surface area (TPSA) is 81.9 Å². The van der Waals surface area contributed by atoms with Crippen LogP contribution in [0.2, 0.25) is 0 Å². The maximum atomic E-state index is 12.5. The number of likely N-dealkylation sites (tertiary alicyclic amines) is 1. The average molecular weight is 310 g/mol. The molecule has 0 radical (unpaired) electrons. The number of rotatable bonds is 4. The first-order valence-electron chi connectivity index (χ1n) is 8.28. The second kappa shape index (κ2) is 6.16. The van der Waals surface area contributed by atoms with Gasteiger partial charge in [0, 0.05) is 19.7 Å². The Morgan fingerprint density at radius 2 is 1.91 bits per heavy atom. The predicted molar refractivity (Wildman–Crippen MR) is 79.9 cm³/mol. The molecule has 0 aromatic rings. The monoisotopic (exact) mass is 310 g/mol. The molecule has 0 aromatic carbocycles. The minimum Gasteiger partial charge on any atom is -0.379 e. The van der Waals surface area contributed by atoms with Crippen molar-refractivity contribution in [2.75, 3.05) is 32.9 Å². The molecule has 3 aliphatic heterocycles. The summed E-state index contributed by atoms with van der Waals surface area (Å²) in [5.74, 6) is 0.363. The van der Waals surface area contributed by atoms with Gasteiger partial charge in [0.15, 0.2) is 0 Å². The molecule has 2 atom stereocenters. The molecule has 124 valence electrons. The molecular formula is C16H26N2O4. The number of primary amides is 1. The Labute approximate surface area is 131 Å². The Morgan fingerprint density at radius 3 is 2.45 bits per heavy atom. The van der Waals surface area contributed by atoms with Gasteiger partial charge in [0.2, 0.25) is 11.8 Å². The third kappa shape index (κ3) is 2.99. The van der Waals surface area contributed by atoms with Gasteiger partial charge in [-0.3, -0.25) is 9.59 Å². The van der Waals surface area contributed by atoms with Crippen LogP contribution in [0.1, 0.15) is 32.6 Å². The number of hydrogen-bond donors (Lipinski definition) is 1. The van der Waals surface area contributed by atoms with E-state index in [-0.39, 0.29) is 29.3 Å². The van der Waals surface area contributed by atoms with Gasteiger partial charge < -0.3 is 20.1 Å². The minimum absolute atomic E-state index is 0.0256. The lowest BCUT2D eigenvalue weighted by atomic mass is 9.83. The van der Waals surface area contributed by atoms with E-state index in [0.29, 0.717) is 25.7 Å². The Bertz CT molecular complexity index is 441. The van der Waals surface area contributed by atoms with E-state index in [1.54, 1.807) is 0 Å². The van der Waals surface area contributed by atoms with Gasteiger partial charge in [-0.15, -0.1) is 0 Å². The van der Waals surface area contributed by atoms with Crippen LogP contribution >= 0.6 is 0 Å². The van der Waals surface area contributed by atoms with Gasteiger partial charge in [0.05, 0.1) is 30.7 Å². The number of ether oxygens (including phenoxy) is 2. The van der Waals surface area contributed by atoms with Crippen LogP contribution in [-0.4, -0.2) is 55.7 Å². The van der Waals surface area contributed by atoms with E-state index < -0.39 is 0 Å². The average Bonchev–Trinajstić information content (AvgIpc) is 2.93. The fourth-order valence-electron chi connectivity index (χ4n) is 3.82. The van der Waals surface area contributed by atoms with Gasteiger partial charge in [-0.2, -0.15) is 0 Å². The molecule has 0 aliphatic carbocycles. The Balaban J connectivity index is 1.47. The summed E-state index contributed by atoms with van der Waals surface area (Å²) in [4.78, 5) is 25.8. The van der Waals surface area contributed by atoms with E-state index >= 15 is 0 Å². The number of piperidine rings is 1. The largest absolute Gasteiger partial charge is 0.379 e. The van der Waals surface area contributed by atoms with Gasteiger partial charge in [0.25, 0.3) is 0 Å². The van der Waals surface area contributed by atoms with Crippen molar-refractivity contribution in [1.29, 1.82) is 0 Å². The third-order valence-corrected chi connectivity index (χ3v) is 5.40. The highest BCUT2D eigenvalue weighted by atomic mass is 16.5. The first-order chi connectivity index (χ1) is 10.5. The van der Waals surface area contributed by atoms with Gasteiger partial charge in [0.1, 0.15) is 0 Å². The first kappa shape index (κ1) is 15.7. The van der Waals surface area contributed by atoms with E-state index in [4.69, 9.17) is 15.2 Å². The maximum Gasteiger partial charge on any atom is 0.233 e. The van der Waals surface area contributed by atoms with E-state index in [9.17, 15) is 9.59 Å². The molecule has 2 N–H and O–H groups in total. The van der Waals surface area contributed by atoms with Crippen LogP contribution in [-0.2, 0) is 19.1 Å². The highest BCUT2D eigenvalue weighted by Gasteiger charge is 2.44. The summed E-state index contributed by atoms with van der Waals surface area (Å²) in [5.41, 5.74) is 5.13. The zero-order valence-electron chi connectivity index (χ0n) is 13.3. The molecule has 0 saturated carbocycles. The van der Waals surface area contributed by atoms with Gasteiger partial charge in [-0.05, 0) is 38.5 Å². The summed E-state index contributed by atoms with van der Waals surface area (Å²) in [6.07, 6.45) is 3.57. The Kier molecular flexibility index (Phi) is 4.41. The quantitative estimate of drug-likeness (QED) is 0.822. The highest BCUT2D eigenvalue weighted by molar-refractivity contribution is 5.83. The summed E-state index contributed by atoms with van der Waals surface area (Å²) >= 11 is 0. The van der Waals surface area contributed by atoms with E-state index in [1.807, 2.05) is 11.8 Å². The van der Waals surface area contributed by atoms with Crippen molar-refractivity contribution in [2.24, 2.45) is 23.0 Å². The zero-order valence-corrected chi connectivity index (χ0v) is 13.3. The zero-order chi connectivity index (χ0) is 15.7. The number of carbonyl (C=O) groups is 2. The molecule has 0 aromatic heterocycles. The molecule has 0 bridgehead atoms. The number of hydrogen-bond acceptors (Lipinski definition) is 4. The van der Waals surface area contributed by atoms with Crippen LogP contribution in [0.3, 0.4) is 0 Å². The summed E-state index contributed by atoms with van der Waals surface area (Å²) in [5, 5.41) is 0. The van der Waals surface area contributed by atoms with Crippen molar-refractivity contribution in [3.05, 3.63) is 0 Å². The van der Waals surface area contributed by atoms with Crippen molar-refractivity contribution < 1.29 is 19.1 Å². The van der Waals surface area contributed by atoms with E-state index in [0.717, 1.165) is 38.8 Å². The molecule has 6 nitrogen and oxygen atoms in total. The normalized spacial score (nSPS) is 31.8. The Morgan fingerprint density at radius 1 is 1.23 bits per heavy atom. The van der Waals surface area contributed by atoms with Crippen LogP contribution in [0.5, 0.6) is 0 Å². The first-order valence-corrected chi connectivity index (χ1v) is 8.28. The summed E-state index contributed by atoms with van der Waals surface area (Å²) in [6, 6.07) is 0. The highest BCUT2D eigenvalue weighted by Crippen LogP contribution is 2.33. The molecular weight excluding hydrogens is 284 g/mol. The lowest BCUT2D eigenvalue weighted by Crippen LogP contribution is -2.55. The van der Waals surface area contributed by atoms with Crippen LogP contribution in [0, 0.1) is 17.3 Å².